The molecule has 1 heterocycles. The molecule has 1 aromatic rings. The number of aliphatic hydroxyl groups is 1. The first kappa shape index (κ1) is 13.1. The quantitative estimate of drug-likeness (QED) is 0.512. The zero-order valence-electron chi connectivity index (χ0n) is 9.64. The van der Waals surface area contributed by atoms with Crippen molar-refractivity contribution in [3.63, 3.8) is 0 Å². The highest BCUT2D eigenvalue weighted by atomic mass is 32.2. The van der Waals surface area contributed by atoms with E-state index in [0.717, 1.165) is 16.5 Å². The number of carboxylic acid groups (broad SMARTS) is 1. The van der Waals surface area contributed by atoms with Crippen LogP contribution in [0.5, 0.6) is 0 Å². The molecule has 0 aromatic carbocycles. The van der Waals surface area contributed by atoms with Crippen molar-refractivity contribution in [1.82, 2.24) is 4.57 Å². The van der Waals surface area contributed by atoms with Crippen molar-refractivity contribution in [2.75, 3.05) is 5.75 Å². The van der Waals surface area contributed by atoms with Crippen LogP contribution in [0.3, 0.4) is 0 Å². The van der Waals surface area contributed by atoms with E-state index in [1.165, 1.54) is 0 Å². The van der Waals surface area contributed by atoms with E-state index in [0.29, 0.717) is 0 Å². The summed E-state index contributed by atoms with van der Waals surface area (Å²) < 4.78 is 3.75. The van der Waals surface area contributed by atoms with Gasteiger partial charge in [0.2, 0.25) is 11.4 Å². The van der Waals surface area contributed by atoms with Crippen LogP contribution in [0.25, 0.3) is 0 Å². The number of aliphatic carboxylic acids is 1. The highest BCUT2D eigenvalue weighted by molar-refractivity contribution is 7.99. The summed E-state index contributed by atoms with van der Waals surface area (Å²) in [7, 11) is 3.73. The topological polar surface area (TPSA) is 69.2 Å². The Labute approximate surface area is 98.7 Å². The van der Waals surface area contributed by atoms with E-state index in [9.17, 15) is 15.0 Å². The molecule has 5 nitrogen and oxygen atoms in total. The van der Waals surface area contributed by atoms with Gasteiger partial charge in [0.25, 0.3) is 0 Å². The van der Waals surface area contributed by atoms with Crippen LogP contribution in [0.2, 0.25) is 0 Å². The van der Waals surface area contributed by atoms with E-state index in [1.807, 2.05) is 36.5 Å². The van der Waals surface area contributed by atoms with Gasteiger partial charge in [-0.3, -0.25) is 0 Å². The average molecular weight is 244 g/mol. The van der Waals surface area contributed by atoms with Crippen LogP contribution >= 0.6 is 11.8 Å². The number of aliphatic hydroxyl groups excluding tert-OH is 1. The highest BCUT2D eigenvalue weighted by Gasteiger charge is 2.22. The number of aromatic nitrogens is 2. The van der Waals surface area contributed by atoms with Crippen LogP contribution in [0.1, 0.15) is 12.6 Å². The number of carbonyl (C=O) groups excluding carboxylic acids is 1. The molecular formula is C10H16N2O3S. The molecule has 0 radical (unpaired) electrons. The summed E-state index contributed by atoms with van der Waals surface area (Å²) in [5.41, 5.74) is 0.811. The first-order valence-electron chi connectivity index (χ1n) is 5.02. The zero-order chi connectivity index (χ0) is 12.3. The minimum atomic E-state index is -1.45. The molecule has 0 saturated heterocycles. The van der Waals surface area contributed by atoms with E-state index in [2.05, 4.69) is 0 Å². The van der Waals surface area contributed by atoms with E-state index in [4.69, 9.17) is 0 Å². The molecule has 0 aliphatic heterocycles. The van der Waals surface area contributed by atoms with Gasteiger partial charge in [-0.1, -0.05) is 18.7 Å². The summed E-state index contributed by atoms with van der Waals surface area (Å²) >= 11 is 1.62. The molecule has 0 aliphatic carbocycles. The van der Waals surface area contributed by atoms with Crippen LogP contribution < -0.4 is 9.67 Å². The summed E-state index contributed by atoms with van der Waals surface area (Å²) in [5.74, 6) is -0.539. The van der Waals surface area contributed by atoms with Crippen molar-refractivity contribution in [3.05, 3.63) is 12.0 Å². The van der Waals surface area contributed by atoms with Gasteiger partial charge in [-0.2, -0.15) is 0 Å². The number of hydrogen-bond acceptors (Lipinski definition) is 4. The number of aryl methyl sites for hydroxylation is 2. The number of carbonyl (C=O) groups is 1. The smallest absolute Gasteiger partial charge is 0.244 e. The monoisotopic (exact) mass is 244 g/mol. The Morgan fingerprint density at radius 3 is 2.88 bits per heavy atom. The van der Waals surface area contributed by atoms with Crippen LogP contribution in [0.4, 0.5) is 0 Å². The van der Waals surface area contributed by atoms with Crippen molar-refractivity contribution in [2.24, 2.45) is 14.1 Å². The Balaban J connectivity index is 2.97. The van der Waals surface area contributed by atoms with E-state index >= 15 is 0 Å². The minimum absolute atomic E-state index is 0.0714. The Morgan fingerprint density at radius 2 is 2.38 bits per heavy atom. The number of hydrogen-bond donors (Lipinski definition) is 1. The number of carboxylic acids is 1. The minimum Gasteiger partial charge on any atom is -0.547 e. The van der Waals surface area contributed by atoms with Crippen molar-refractivity contribution in [2.45, 2.75) is 24.5 Å². The lowest BCUT2D eigenvalue weighted by atomic mass is 10.2. The van der Waals surface area contributed by atoms with Gasteiger partial charge in [-0.05, 0) is 5.75 Å². The molecule has 90 valence electrons. The lowest BCUT2D eigenvalue weighted by molar-refractivity contribution is -0.707. The lowest BCUT2D eigenvalue weighted by Gasteiger charge is -2.10. The molecule has 1 atom stereocenters. The van der Waals surface area contributed by atoms with Gasteiger partial charge in [0.1, 0.15) is 6.10 Å². The molecule has 0 fully saturated rings. The molecule has 0 amide bonds. The first-order chi connectivity index (χ1) is 7.47. The van der Waals surface area contributed by atoms with Crippen LogP contribution in [0.15, 0.2) is 11.4 Å². The molecule has 1 rings (SSSR count). The van der Waals surface area contributed by atoms with Crippen LogP contribution in [0, 0.1) is 0 Å². The maximum absolute atomic E-state index is 10.5. The number of rotatable bonds is 5. The summed E-state index contributed by atoms with van der Waals surface area (Å²) in [6.07, 6.45) is 0.474. The average Bonchev–Trinajstić information content (AvgIpc) is 2.45. The molecule has 1 N–H and O–H groups in total. The fourth-order valence-corrected chi connectivity index (χ4v) is 2.47. The van der Waals surface area contributed by atoms with E-state index in [-0.39, 0.29) is 6.42 Å². The third-order valence-corrected chi connectivity index (χ3v) is 3.36. The van der Waals surface area contributed by atoms with Gasteiger partial charge < -0.3 is 15.0 Å². The molecular weight excluding hydrogens is 228 g/mol. The summed E-state index contributed by atoms with van der Waals surface area (Å²) in [6.45, 7) is 2.02. The van der Waals surface area contributed by atoms with Gasteiger partial charge >= 0.3 is 0 Å². The Morgan fingerprint density at radius 1 is 1.75 bits per heavy atom. The van der Waals surface area contributed by atoms with Gasteiger partial charge in [0, 0.05) is 6.42 Å². The fourth-order valence-electron chi connectivity index (χ4n) is 1.56. The van der Waals surface area contributed by atoms with Gasteiger partial charge in [0.15, 0.2) is 5.69 Å². The van der Waals surface area contributed by atoms with Crippen LogP contribution in [-0.2, 0) is 25.3 Å². The molecule has 0 spiro atoms. The van der Waals surface area contributed by atoms with E-state index < -0.39 is 12.1 Å². The summed E-state index contributed by atoms with van der Waals surface area (Å²) in [6, 6.07) is 0. The first-order valence-corrected chi connectivity index (χ1v) is 6.01. The number of imidazole rings is 1. The van der Waals surface area contributed by atoms with Crippen molar-refractivity contribution >= 4 is 17.7 Å². The van der Waals surface area contributed by atoms with Gasteiger partial charge in [0.05, 0.1) is 20.1 Å². The van der Waals surface area contributed by atoms with E-state index in [1.54, 1.807) is 11.8 Å². The number of thioether (sulfide) groups is 1. The highest BCUT2D eigenvalue weighted by Crippen LogP contribution is 2.19. The predicted octanol–water partition coefficient (Wildman–Crippen LogP) is -1.39. The van der Waals surface area contributed by atoms with Crippen LogP contribution in [-0.4, -0.2) is 27.5 Å². The maximum Gasteiger partial charge on any atom is 0.244 e. The van der Waals surface area contributed by atoms with Gasteiger partial charge in [-0.25, -0.2) is 9.13 Å². The predicted molar refractivity (Wildman–Crippen MR) is 57.7 cm³/mol. The largest absolute Gasteiger partial charge is 0.547 e. The Bertz CT molecular complexity index is 390. The third kappa shape index (κ3) is 2.76. The second-order valence-electron chi connectivity index (χ2n) is 3.56. The fraction of sp³-hybridized carbons (Fsp3) is 0.600. The molecule has 0 unspecified atom stereocenters. The standard InChI is InChI=1S/C10H16N2O3S/c1-4-16-9-7(5-8(13)10(14)15)11(2)6-12(9)3/h6,8,13H,4-5H2,1-3H3/t8-/m0/s1. The molecule has 6 heteroatoms. The maximum atomic E-state index is 10.5. The number of nitrogens with zero attached hydrogens (tertiary/aromatic N) is 2. The second-order valence-corrected chi connectivity index (χ2v) is 4.81. The van der Waals surface area contributed by atoms with Crippen molar-refractivity contribution < 1.29 is 19.6 Å². The molecule has 0 saturated carbocycles. The molecule has 0 aliphatic rings. The summed E-state index contributed by atoms with van der Waals surface area (Å²) in [4.78, 5) is 10.5. The normalized spacial score (nSPS) is 12.8. The zero-order valence-corrected chi connectivity index (χ0v) is 10.5. The van der Waals surface area contributed by atoms with Gasteiger partial charge in [-0.15, -0.1) is 0 Å². The SMILES string of the molecule is CCSc1c(C[C@H](O)C(=O)[O-])n(C)c[n+]1C. The second kappa shape index (κ2) is 5.36. The third-order valence-electron chi connectivity index (χ3n) is 2.28. The lowest BCUT2D eigenvalue weighted by Crippen LogP contribution is -2.37. The Kier molecular flexibility index (Phi) is 4.37. The molecule has 0 bridgehead atoms. The Hall–Kier alpha value is -1.01. The molecule has 16 heavy (non-hydrogen) atoms. The molecule has 1 aromatic heterocycles. The van der Waals surface area contributed by atoms with Crippen molar-refractivity contribution in [1.29, 1.82) is 0 Å². The van der Waals surface area contributed by atoms with Crippen molar-refractivity contribution in [3.8, 4) is 0 Å². The summed E-state index contributed by atoms with van der Waals surface area (Å²) in [5, 5.41) is 20.8.